The summed E-state index contributed by atoms with van der Waals surface area (Å²) in [5.74, 6) is -0.714. The molecule has 0 fully saturated rings. The lowest BCUT2D eigenvalue weighted by molar-refractivity contribution is -0.384. The molecule has 0 saturated heterocycles. The molecule has 0 saturated carbocycles. The van der Waals surface area contributed by atoms with Gasteiger partial charge in [0.2, 0.25) is 0 Å². The number of nitrogens with two attached hydrogens (primary N) is 1. The molecule has 1 aromatic rings. The first kappa shape index (κ1) is 12.6. The van der Waals surface area contributed by atoms with Crippen LogP contribution in [0.1, 0.15) is 0 Å². The van der Waals surface area contributed by atoms with Crippen molar-refractivity contribution in [1.82, 2.24) is 0 Å². The highest BCUT2D eigenvalue weighted by Gasteiger charge is 2.33. The first-order valence-corrected chi connectivity index (χ1v) is 4.49. The van der Waals surface area contributed by atoms with Crippen LogP contribution in [-0.4, -0.2) is 11.3 Å². The van der Waals surface area contributed by atoms with Crippen LogP contribution in [0.15, 0.2) is 16.6 Å². The average molecular weight is 301 g/mol. The van der Waals surface area contributed by atoms with Gasteiger partial charge in [-0.15, -0.1) is 13.2 Å². The molecule has 1 rings (SSSR count). The van der Waals surface area contributed by atoms with E-state index in [4.69, 9.17) is 5.73 Å². The van der Waals surface area contributed by atoms with Gasteiger partial charge in [0.15, 0.2) is 5.75 Å². The van der Waals surface area contributed by atoms with Gasteiger partial charge < -0.3 is 10.5 Å². The Balaban J connectivity index is 3.20. The zero-order chi connectivity index (χ0) is 12.5. The number of anilines is 1. The summed E-state index contributed by atoms with van der Waals surface area (Å²) in [6.45, 7) is 0. The fraction of sp³-hybridized carbons (Fsp3) is 0.143. The van der Waals surface area contributed by atoms with Crippen molar-refractivity contribution in [3.8, 4) is 5.75 Å². The van der Waals surface area contributed by atoms with Crippen LogP contribution < -0.4 is 10.5 Å². The van der Waals surface area contributed by atoms with Gasteiger partial charge in [-0.1, -0.05) is 0 Å². The van der Waals surface area contributed by atoms with Crippen molar-refractivity contribution in [2.45, 2.75) is 6.36 Å². The van der Waals surface area contributed by atoms with Crippen molar-refractivity contribution >= 4 is 27.3 Å². The maximum atomic E-state index is 11.9. The van der Waals surface area contributed by atoms with E-state index in [0.717, 1.165) is 6.07 Å². The lowest BCUT2D eigenvalue weighted by atomic mass is 10.2. The number of nitrogens with zero attached hydrogens (tertiary/aromatic N) is 1. The lowest BCUT2D eigenvalue weighted by Crippen LogP contribution is -2.17. The highest BCUT2D eigenvalue weighted by Crippen LogP contribution is 2.36. The molecule has 0 atom stereocenters. The highest BCUT2D eigenvalue weighted by atomic mass is 79.9. The Hall–Kier alpha value is -1.51. The number of rotatable bonds is 2. The Morgan fingerprint density at radius 3 is 2.44 bits per heavy atom. The highest BCUT2D eigenvalue weighted by molar-refractivity contribution is 9.10. The van der Waals surface area contributed by atoms with Gasteiger partial charge in [-0.2, -0.15) is 0 Å². The van der Waals surface area contributed by atoms with Gasteiger partial charge in [0.25, 0.3) is 5.69 Å². The molecule has 0 aliphatic rings. The standard InChI is InChI=1S/C7H4BrF3N2O3/c8-3-1-4(12)5(13(14)15)2-6(3)16-7(9,10)11/h1-2H,12H2. The molecule has 0 aliphatic heterocycles. The second-order valence-electron chi connectivity index (χ2n) is 2.65. The Bertz CT molecular complexity index is 436. The van der Waals surface area contributed by atoms with Crippen molar-refractivity contribution in [3.63, 3.8) is 0 Å². The molecule has 0 spiro atoms. The van der Waals surface area contributed by atoms with Crippen LogP contribution in [-0.2, 0) is 0 Å². The minimum absolute atomic E-state index is 0.118. The van der Waals surface area contributed by atoms with E-state index in [2.05, 4.69) is 20.7 Å². The van der Waals surface area contributed by atoms with E-state index in [9.17, 15) is 23.3 Å². The van der Waals surface area contributed by atoms with E-state index >= 15 is 0 Å². The van der Waals surface area contributed by atoms with E-state index in [1.165, 1.54) is 0 Å². The fourth-order valence-corrected chi connectivity index (χ4v) is 1.36. The topological polar surface area (TPSA) is 78.4 Å². The summed E-state index contributed by atoms with van der Waals surface area (Å²) in [6.07, 6.45) is -4.92. The van der Waals surface area contributed by atoms with E-state index < -0.39 is 22.7 Å². The number of benzene rings is 1. The van der Waals surface area contributed by atoms with Gasteiger partial charge in [0.1, 0.15) is 5.69 Å². The number of hydrogen-bond acceptors (Lipinski definition) is 4. The van der Waals surface area contributed by atoms with Crippen LogP contribution in [0.3, 0.4) is 0 Å². The predicted octanol–water partition coefficient (Wildman–Crippen LogP) is 2.84. The molecule has 0 aromatic heterocycles. The van der Waals surface area contributed by atoms with E-state index in [1.54, 1.807) is 0 Å². The van der Waals surface area contributed by atoms with E-state index in [1.807, 2.05) is 0 Å². The predicted molar refractivity (Wildman–Crippen MR) is 51.9 cm³/mol. The molecule has 0 unspecified atom stereocenters. The molecule has 0 radical (unpaired) electrons. The zero-order valence-electron chi connectivity index (χ0n) is 7.42. The fourth-order valence-electron chi connectivity index (χ4n) is 0.919. The van der Waals surface area contributed by atoms with Crippen LogP contribution in [0, 0.1) is 10.1 Å². The molecule has 16 heavy (non-hydrogen) atoms. The SMILES string of the molecule is Nc1cc(Br)c(OC(F)(F)F)cc1[N+](=O)[O-]. The minimum atomic E-state index is -4.92. The minimum Gasteiger partial charge on any atom is -0.404 e. The summed E-state index contributed by atoms with van der Waals surface area (Å²) in [5.41, 5.74) is 4.34. The first-order valence-electron chi connectivity index (χ1n) is 3.70. The molecule has 1 aromatic carbocycles. The third-order valence-electron chi connectivity index (χ3n) is 1.50. The summed E-state index contributed by atoms with van der Waals surface area (Å²) in [5, 5.41) is 10.4. The van der Waals surface area contributed by atoms with Crippen LogP contribution in [0.25, 0.3) is 0 Å². The maximum absolute atomic E-state index is 11.9. The van der Waals surface area contributed by atoms with Crippen LogP contribution in [0.2, 0.25) is 0 Å². The van der Waals surface area contributed by atoms with Gasteiger partial charge in [-0.05, 0) is 22.0 Å². The van der Waals surface area contributed by atoms with Gasteiger partial charge in [0.05, 0.1) is 15.5 Å². The third-order valence-corrected chi connectivity index (χ3v) is 2.12. The maximum Gasteiger partial charge on any atom is 0.573 e. The zero-order valence-corrected chi connectivity index (χ0v) is 9.00. The molecule has 88 valence electrons. The second kappa shape index (κ2) is 4.16. The molecule has 0 aliphatic carbocycles. The molecular formula is C7H4BrF3N2O3. The molecule has 0 bridgehead atoms. The number of hydrogen-bond donors (Lipinski definition) is 1. The van der Waals surface area contributed by atoms with E-state index in [-0.39, 0.29) is 10.2 Å². The van der Waals surface area contributed by atoms with Crippen molar-refractivity contribution in [1.29, 1.82) is 0 Å². The average Bonchev–Trinajstić information content (AvgIpc) is 2.07. The number of alkyl halides is 3. The van der Waals surface area contributed by atoms with Crippen molar-refractivity contribution < 1.29 is 22.8 Å². The smallest absolute Gasteiger partial charge is 0.404 e. The van der Waals surface area contributed by atoms with E-state index in [0.29, 0.717) is 6.07 Å². The quantitative estimate of drug-likeness (QED) is 0.517. The molecule has 0 amide bonds. The normalized spacial score (nSPS) is 11.2. The van der Waals surface area contributed by atoms with Gasteiger partial charge in [-0.25, -0.2) is 0 Å². The van der Waals surface area contributed by atoms with Crippen molar-refractivity contribution in [2.24, 2.45) is 0 Å². The van der Waals surface area contributed by atoms with Gasteiger partial charge >= 0.3 is 6.36 Å². The molecular weight excluding hydrogens is 297 g/mol. The summed E-state index contributed by atoms with van der Waals surface area (Å²) >= 11 is 2.76. The molecule has 2 N–H and O–H groups in total. The number of nitrogen functional groups attached to an aromatic ring is 1. The largest absolute Gasteiger partial charge is 0.573 e. The van der Waals surface area contributed by atoms with Crippen LogP contribution in [0.5, 0.6) is 5.75 Å². The summed E-state index contributed by atoms with van der Waals surface area (Å²) < 4.78 is 39.2. The van der Waals surface area contributed by atoms with Crippen molar-refractivity contribution in [2.75, 3.05) is 5.73 Å². The van der Waals surface area contributed by atoms with Crippen LogP contribution in [0.4, 0.5) is 24.5 Å². The molecule has 5 nitrogen and oxygen atoms in total. The molecule has 0 heterocycles. The first-order chi connectivity index (χ1) is 7.20. The number of ether oxygens (including phenoxy) is 1. The van der Waals surface area contributed by atoms with Gasteiger partial charge in [0, 0.05) is 0 Å². The Labute approximate surface area is 95.3 Å². The van der Waals surface area contributed by atoms with Crippen LogP contribution >= 0.6 is 15.9 Å². The van der Waals surface area contributed by atoms with Gasteiger partial charge in [-0.3, -0.25) is 10.1 Å². The Morgan fingerprint density at radius 1 is 1.44 bits per heavy atom. The number of nitro groups is 1. The number of halogens is 4. The number of nitro benzene ring substituents is 1. The molecule has 9 heteroatoms. The second-order valence-corrected chi connectivity index (χ2v) is 3.50. The summed E-state index contributed by atoms with van der Waals surface area (Å²) in [6, 6.07) is 1.58. The van der Waals surface area contributed by atoms with Crippen molar-refractivity contribution in [3.05, 3.63) is 26.7 Å². The Morgan fingerprint density at radius 2 is 2.00 bits per heavy atom. The summed E-state index contributed by atoms with van der Waals surface area (Å²) in [7, 11) is 0. The third kappa shape index (κ3) is 2.99. The Kier molecular flexibility index (Phi) is 3.27. The summed E-state index contributed by atoms with van der Waals surface area (Å²) in [4.78, 5) is 9.53. The monoisotopic (exact) mass is 300 g/mol. The lowest BCUT2D eigenvalue weighted by Gasteiger charge is -2.10.